The molecule has 1 rings (SSSR count). The molecule has 112 valence electrons. The van der Waals surface area contributed by atoms with Gasteiger partial charge in [-0.2, -0.15) is 13.2 Å². The average Bonchev–Trinajstić information content (AvgIpc) is 2.36. The van der Waals surface area contributed by atoms with Crippen molar-refractivity contribution in [3.8, 4) is 0 Å². The molecule has 0 saturated carbocycles. The molecule has 20 heavy (non-hydrogen) atoms. The van der Waals surface area contributed by atoms with E-state index in [0.29, 0.717) is 12.6 Å². The molecule has 1 amide bonds. The van der Waals surface area contributed by atoms with Gasteiger partial charge in [-0.3, -0.25) is 4.79 Å². The van der Waals surface area contributed by atoms with E-state index in [1.165, 1.54) is 0 Å². The van der Waals surface area contributed by atoms with Crippen molar-refractivity contribution in [2.24, 2.45) is 11.7 Å². The van der Waals surface area contributed by atoms with Gasteiger partial charge in [-0.25, -0.2) is 4.39 Å². The Labute approximate surface area is 114 Å². The summed E-state index contributed by atoms with van der Waals surface area (Å²) < 4.78 is 51.5. The van der Waals surface area contributed by atoms with Crippen LogP contribution in [-0.4, -0.2) is 19.0 Å². The van der Waals surface area contributed by atoms with Gasteiger partial charge in [-0.15, -0.1) is 0 Å². The summed E-state index contributed by atoms with van der Waals surface area (Å²) in [6, 6.07) is 2.41. The van der Waals surface area contributed by atoms with Gasteiger partial charge in [0.15, 0.2) is 0 Å². The number of benzene rings is 1. The fourth-order valence-corrected chi connectivity index (χ4v) is 1.86. The fraction of sp³-hybridized carbons (Fsp3) is 0.462. The third kappa shape index (κ3) is 4.19. The largest absolute Gasteiger partial charge is 0.416 e. The maximum atomic E-state index is 13.0. The molecule has 0 fully saturated rings. The SMILES string of the molecule is CCNC(=O)C(CN)Cc1ccc(F)cc1C(F)(F)F. The lowest BCUT2D eigenvalue weighted by Crippen LogP contribution is -2.36. The van der Waals surface area contributed by atoms with Crippen molar-refractivity contribution >= 4 is 5.91 Å². The average molecular weight is 292 g/mol. The van der Waals surface area contributed by atoms with Crippen LogP contribution in [0.4, 0.5) is 17.6 Å². The van der Waals surface area contributed by atoms with E-state index in [9.17, 15) is 22.4 Å². The number of amides is 1. The number of nitrogens with one attached hydrogen (secondary N) is 1. The highest BCUT2D eigenvalue weighted by atomic mass is 19.4. The first-order valence-electron chi connectivity index (χ1n) is 6.13. The normalized spacial score (nSPS) is 13.1. The van der Waals surface area contributed by atoms with Crippen LogP contribution in [0.25, 0.3) is 0 Å². The number of halogens is 4. The molecule has 0 radical (unpaired) electrons. The molecule has 0 aromatic heterocycles. The van der Waals surface area contributed by atoms with Gasteiger partial charge in [-0.1, -0.05) is 6.07 Å². The third-order valence-corrected chi connectivity index (χ3v) is 2.85. The minimum absolute atomic E-state index is 0.0828. The number of nitrogens with two attached hydrogens (primary N) is 1. The fourth-order valence-electron chi connectivity index (χ4n) is 1.86. The second kappa shape index (κ2) is 6.69. The highest BCUT2D eigenvalue weighted by molar-refractivity contribution is 5.79. The van der Waals surface area contributed by atoms with Crippen LogP contribution in [0.3, 0.4) is 0 Å². The van der Waals surface area contributed by atoms with Gasteiger partial charge in [0.2, 0.25) is 5.91 Å². The van der Waals surface area contributed by atoms with Crippen LogP contribution in [0, 0.1) is 11.7 Å². The van der Waals surface area contributed by atoms with E-state index in [0.717, 1.165) is 12.1 Å². The lowest BCUT2D eigenvalue weighted by Gasteiger charge is -2.18. The lowest BCUT2D eigenvalue weighted by atomic mass is 9.94. The number of carbonyl (C=O) groups is 1. The molecule has 1 unspecified atom stereocenters. The summed E-state index contributed by atoms with van der Waals surface area (Å²) in [5.41, 5.74) is 4.22. The maximum Gasteiger partial charge on any atom is 0.416 e. The molecule has 0 spiro atoms. The monoisotopic (exact) mass is 292 g/mol. The summed E-state index contributed by atoms with van der Waals surface area (Å²) in [7, 11) is 0. The van der Waals surface area contributed by atoms with E-state index in [4.69, 9.17) is 5.73 Å². The topological polar surface area (TPSA) is 55.1 Å². The number of carbonyl (C=O) groups excluding carboxylic acids is 1. The van der Waals surface area contributed by atoms with Crippen LogP contribution in [-0.2, 0) is 17.4 Å². The van der Waals surface area contributed by atoms with Crippen molar-refractivity contribution in [3.05, 3.63) is 35.1 Å². The van der Waals surface area contributed by atoms with Gasteiger partial charge >= 0.3 is 6.18 Å². The lowest BCUT2D eigenvalue weighted by molar-refractivity contribution is -0.138. The smallest absolute Gasteiger partial charge is 0.356 e. The van der Waals surface area contributed by atoms with Gasteiger partial charge in [0, 0.05) is 13.1 Å². The number of hydrogen-bond donors (Lipinski definition) is 2. The highest BCUT2D eigenvalue weighted by Crippen LogP contribution is 2.33. The van der Waals surface area contributed by atoms with E-state index in [2.05, 4.69) is 5.32 Å². The minimum atomic E-state index is -4.67. The first-order chi connectivity index (χ1) is 9.29. The molecule has 3 nitrogen and oxygen atoms in total. The second-order valence-electron chi connectivity index (χ2n) is 4.33. The van der Waals surface area contributed by atoms with E-state index >= 15 is 0 Å². The Hall–Kier alpha value is -1.63. The molecular weight excluding hydrogens is 276 g/mol. The Kier molecular flexibility index (Phi) is 5.50. The number of alkyl halides is 3. The van der Waals surface area contributed by atoms with Gasteiger partial charge in [0.1, 0.15) is 5.82 Å². The van der Waals surface area contributed by atoms with Crippen molar-refractivity contribution < 1.29 is 22.4 Å². The highest BCUT2D eigenvalue weighted by Gasteiger charge is 2.34. The van der Waals surface area contributed by atoms with Crippen LogP contribution < -0.4 is 11.1 Å². The zero-order valence-electron chi connectivity index (χ0n) is 10.9. The summed E-state index contributed by atoms with van der Waals surface area (Å²) >= 11 is 0. The standard InChI is InChI=1S/C13H16F4N2O/c1-2-19-12(20)9(7-18)5-8-3-4-10(14)6-11(8)13(15,16)17/h3-4,6,9H,2,5,7,18H2,1H3,(H,19,20). The van der Waals surface area contributed by atoms with Crippen LogP contribution in [0.2, 0.25) is 0 Å². The molecule has 7 heteroatoms. The molecule has 0 aliphatic carbocycles. The minimum Gasteiger partial charge on any atom is -0.356 e. The quantitative estimate of drug-likeness (QED) is 0.817. The van der Waals surface area contributed by atoms with Crippen molar-refractivity contribution in [1.29, 1.82) is 0 Å². The van der Waals surface area contributed by atoms with E-state index < -0.39 is 29.4 Å². The summed E-state index contributed by atoms with van der Waals surface area (Å²) in [5, 5.41) is 2.51. The third-order valence-electron chi connectivity index (χ3n) is 2.85. The first-order valence-corrected chi connectivity index (χ1v) is 6.13. The zero-order chi connectivity index (χ0) is 15.3. The van der Waals surface area contributed by atoms with Gasteiger partial charge < -0.3 is 11.1 Å². The molecule has 1 atom stereocenters. The Morgan fingerprint density at radius 1 is 1.40 bits per heavy atom. The zero-order valence-corrected chi connectivity index (χ0v) is 10.9. The Balaban J connectivity index is 3.04. The summed E-state index contributed by atoms with van der Waals surface area (Å²) in [4.78, 5) is 11.7. The van der Waals surface area contributed by atoms with Crippen molar-refractivity contribution in [1.82, 2.24) is 5.32 Å². The Morgan fingerprint density at radius 3 is 2.55 bits per heavy atom. The van der Waals surface area contributed by atoms with Crippen LogP contribution in [0.5, 0.6) is 0 Å². The van der Waals surface area contributed by atoms with Crippen molar-refractivity contribution in [2.75, 3.05) is 13.1 Å². The second-order valence-corrected chi connectivity index (χ2v) is 4.33. The molecule has 1 aromatic carbocycles. The Bertz CT molecular complexity index is 474. The molecule has 0 bridgehead atoms. The molecule has 0 aliphatic rings. The maximum absolute atomic E-state index is 13.0. The van der Waals surface area contributed by atoms with Crippen molar-refractivity contribution in [3.63, 3.8) is 0 Å². The predicted octanol–water partition coefficient (Wildman–Crippen LogP) is 2.10. The molecule has 0 heterocycles. The molecule has 3 N–H and O–H groups in total. The summed E-state index contributed by atoms with van der Waals surface area (Å²) in [6.07, 6.45) is -4.85. The van der Waals surface area contributed by atoms with E-state index in [1.54, 1.807) is 6.92 Å². The summed E-state index contributed by atoms with van der Waals surface area (Å²) in [5.74, 6) is -2.16. The predicted molar refractivity (Wildman–Crippen MR) is 66.3 cm³/mol. The Morgan fingerprint density at radius 2 is 2.05 bits per heavy atom. The van der Waals surface area contributed by atoms with Gasteiger partial charge in [0.25, 0.3) is 0 Å². The molecule has 0 saturated heterocycles. The van der Waals surface area contributed by atoms with E-state index in [-0.39, 0.29) is 18.5 Å². The van der Waals surface area contributed by atoms with Crippen LogP contribution in [0.1, 0.15) is 18.1 Å². The van der Waals surface area contributed by atoms with Gasteiger partial charge in [0.05, 0.1) is 11.5 Å². The van der Waals surface area contributed by atoms with E-state index in [1.807, 2.05) is 0 Å². The molecular formula is C13H16F4N2O. The number of rotatable bonds is 5. The molecule has 1 aromatic rings. The van der Waals surface area contributed by atoms with Gasteiger partial charge in [-0.05, 0) is 31.0 Å². The summed E-state index contributed by atoms with van der Waals surface area (Å²) in [6.45, 7) is 1.98. The van der Waals surface area contributed by atoms with Crippen LogP contribution >= 0.6 is 0 Å². The number of hydrogen-bond acceptors (Lipinski definition) is 2. The van der Waals surface area contributed by atoms with Crippen molar-refractivity contribution in [2.45, 2.75) is 19.5 Å². The van der Waals surface area contributed by atoms with Crippen LogP contribution in [0.15, 0.2) is 18.2 Å². The molecule has 0 aliphatic heterocycles. The first kappa shape index (κ1) is 16.4.